The Morgan fingerprint density at radius 1 is 0.815 bits per heavy atom. The quantitative estimate of drug-likeness (QED) is 0.185. The third-order valence-corrected chi connectivity index (χ3v) is 5.28. The highest BCUT2D eigenvalue weighted by Gasteiger charge is 1.99. The van der Waals surface area contributed by atoms with E-state index in [1.807, 2.05) is 6.07 Å². The number of hydrogen-bond donors (Lipinski definition) is 0. The normalized spacial score (nSPS) is 12.7. The number of ether oxygens (including phenoxy) is 1. The Labute approximate surface area is 169 Å². The van der Waals surface area contributed by atoms with Gasteiger partial charge in [-0.1, -0.05) is 114 Å². The van der Waals surface area contributed by atoms with Crippen LogP contribution in [0.1, 0.15) is 103 Å². The molecule has 1 aromatic carbocycles. The molecule has 1 atom stereocenters. The number of unbranched alkanes of at least 4 members (excludes halogenated alkanes) is 9. The van der Waals surface area contributed by atoms with E-state index in [0.717, 1.165) is 19.1 Å². The highest BCUT2D eigenvalue weighted by atomic mass is 16.5. The molecule has 0 amide bonds. The van der Waals surface area contributed by atoms with Crippen molar-refractivity contribution in [2.45, 2.75) is 104 Å². The van der Waals surface area contributed by atoms with Crippen molar-refractivity contribution >= 4 is 0 Å². The summed E-state index contributed by atoms with van der Waals surface area (Å²) in [5, 5.41) is 0. The molecular weight excluding hydrogens is 328 g/mol. The molecule has 0 N–H and O–H groups in total. The minimum absolute atomic E-state index is 0.750. The van der Waals surface area contributed by atoms with Crippen LogP contribution in [0.15, 0.2) is 42.5 Å². The Balaban J connectivity index is 1.82. The van der Waals surface area contributed by atoms with E-state index in [1.165, 1.54) is 89.0 Å². The first-order valence-corrected chi connectivity index (χ1v) is 11.6. The summed E-state index contributed by atoms with van der Waals surface area (Å²) in [7, 11) is 0. The maximum absolute atomic E-state index is 5.74. The zero-order valence-corrected chi connectivity index (χ0v) is 18.1. The second kappa shape index (κ2) is 18.3. The van der Waals surface area contributed by atoms with Crippen molar-refractivity contribution < 1.29 is 4.74 Å². The largest absolute Gasteiger partial charge is 0.377 e. The third-order valence-electron chi connectivity index (χ3n) is 5.28. The van der Waals surface area contributed by atoms with Gasteiger partial charge in [0, 0.05) is 6.61 Å². The van der Waals surface area contributed by atoms with Crippen LogP contribution in [0.5, 0.6) is 0 Å². The van der Waals surface area contributed by atoms with Gasteiger partial charge < -0.3 is 4.74 Å². The maximum Gasteiger partial charge on any atom is 0.0716 e. The first-order chi connectivity index (χ1) is 13.3. The molecule has 0 saturated carbocycles. The predicted octanol–water partition coefficient (Wildman–Crippen LogP) is 8.49. The lowest BCUT2D eigenvalue weighted by Gasteiger charge is -2.08. The average Bonchev–Trinajstić information content (AvgIpc) is 2.69. The predicted molar refractivity (Wildman–Crippen MR) is 120 cm³/mol. The fourth-order valence-electron chi connectivity index (χ4n) is 3.42. The molecule has 1 nitrogen and oxygen atoms in total. The molecule has 1 heteroatoms. The van der Waals surface area contributed by atoms with Gasteiger partial charge >= 0.3 is 0 Å². The summed E-state index contributed by atoms with van der Waals surface area (Å²) in [5.74, 6) is 0.856. The van der Waals surface area contributed by atoms with Crippen LogP contribution in [-0.4, -0.2) is 6.61 Å². The van der Waals surface area contributed by atoms with Gasteiger partial charge in [0.15, 0.2) is 0 Å². The Hall–Kier alpha value is -1.08. The molecule has 1 rings (SSSR count). The molecule has 0 bridgehead atoms. The first kappa shape index (κ1) is 24.0. The van der Waals surface area contributed by atoms with Crippen LogP contribution in [-0.2, 0) is 11.3 Å². The fourth-order valence-corrected chi connectivity index (χ4v) is 3.42. The second-order valence-electron chi connectivity index (χ2n) is 8.11. The fraction of sp³-hybridized carbons (Fsp3) is 0.692. The van der Waals surface area contributed by atoms with Crippen LogP contribution in [0.4, 0.5) is 0 Å². The molecule has 1 aromatic rings. The van der Waals surface area contributed by atoms with Crippen molar-refractivity contribution in [2.24, 2.45) is 5.92 Å². The molecule has 0 fully saturated rings. The van der Waals surface area contributed by atoms with E-state index in [-0.39, 0.29) is 0 Å². The Kier molecular flexibility index (Phi) is 16.2. The Morgan fingerprint density at radius 3 is 2.33 bits per heavy atom. The molecule has 0 aliphatic heterocycles. The number of hydrogen-bond acceptors (Lipinski definition) is 1. The minimum atomic E-state index is 0.750. The van der Waals surface area contributed by atoms with E-state index in [4.69, 9.17) is 4.74 Å². The Bertz CT molecular complexity index is 437. The molecule has 0 unspecified atom stereocenters. The van der Waals surface area contributed by atoms with Gasteiger partial charge in [0.1, 0.15) is 0 Å². The van der Waals surface area contributed by atoms with E-state index in [9.17, 15) is 0 Å². The monoisotopic (exact) mass is 372 g/mol. The summed E-state index contributed by atoms with van der Waals surface area (Å²) in [5.41, 5.74) is 1.27. The molecule has 27 heavy (non-hydrogen) atoms. The number of allylic oxidation sites excluding steroid dienone is 2. The highest BCUT2D eigenvalue weighted by molar-refractivity contribution is 5.13. The summed E-state index contributed by atoms with van der Waals surface area (Å²) < 4.78 is 5.74. The summed E-state index contributed by atoms with van der Waals surface area (Å²) in [4.78, 5) is 0. The van der Waals surface area contributed by atoms with Crippen molar-refractivity contribution in [1.29, 1.82) is 0 Å². The van der Waals surface area contributed by atoms with Gasteiger partial charge in [-0.25, -0.2) is 0 Å². The van der Waals surface area contributed by atoms with Crippen molar-refractivity contribution in [3.05, 3.63) is 48.0 Å². The van der Waals surface area contributed by atoms with Crippen LogP contribution in [0.2, 0.25) is 0 Å². The lowest BCUT2D eigenvalue weighted by Crippen LogP contribution is -1.95. The smallest absolute Gasteiger partial charge is 0.0716 e. The maximum atomic E-state index is 5.74. The molecule has 0 radical (unpaired) electrons. The standard InChI is InChI=1S/C26H44O/c1-3-4-5-6-10-14-19-25(2)20-15-11-8-7-9-12-18-23-27-24-26-21-16-13-17-22-26/h11,13,15-17,21-22,25H,3-10,12,14,18-20,23-24H2,1-2H3/b15-11+/t25-/m1/s1. The molecule has 0 aromatic heterocycles. The molecule has 0 heterocycles. The van der Waals surface area contributed by atoms with E-state index in [2.05, 4.69) is 50.3 Å². The first-order valence-electron chi connectivity index (χ1n) is 11.6. The lowest BCUT2D eigenvalue weighted by atomic mass is 9.98. The van der Waals surface area contributed by atoms with Gasteiger partial charge in [-0.05, 0) is 37.2 Å². The van der Waals surface area contributed by atoms with E-state index >= 15 is 0 Å². The van der Waals surface area contributed by atoms with E-state index < -0.39 is 0 Å². The van der Waals surface area contributed by atoms with Crippen molar-refractivity contribution in [2.75, 3.05) is 6.61 Å². The third kappa shape index (κ3) is 15.7. The lowest BCUT2D eigenvalue weighted by molar-refractivity contribution is 0.117. The zero-order valence-electron chi connectivity index (χ0n) is 18.1. The zero-order chi connectivity index (χ0) is 19.4. The van der Waals surface area contributed by atoms with Crippen LogP contribution in [0.3, 0.4) is 0 Å². The van der Waals surface area contributed by atoms with Crippen LogP contribution >= 0.6 is 0 Å². The van der Waals surface area contributed by atoms with Crippen molar-refractivity contribution in [1.82, 2.24) is 0 Å². The van der Waals surface area contributed by atoms with Gasteiger partial charge in [0.05, 0.1) is 6.61 Å². The SMILES string of the molecule is CCCCCCCC[C@@H](C)C/C=C/CCCCCCOCc1ccccc1. The highest BCUT2D eigenvalue weighted by Crippen LogP contribution is 2.15. The van der Waals surface area contributed by atoms with E-state index in [0.29, 0.717) is 0 Å². The summed E-state index contributed by atoms with van der Waals surface area (Å²) in [6, 6.07) is 10.4. The minimum Gasteiger partial charge on any atom is -0.377 e. The van der Waals surface area contributed by atoms with Gasteiger partial charge in [0.25, 0.3) is 0 Å². The van der Waals surface area contributed by atoms with Crippen LogP contribution < -0.4 is 0 Å². The summed E-state index contributed by atoms with van der Waals surface area (Å²) >= 11 is 0. The molecule has 0 saturated heterocycles. The number of rotatable bonds is 18. The van der Waals surface area contributed by atoms with Crippen molar-refractivity contribution in [3.8, 4) is 0 Å². The second-order valence-corrected chi connectivity index (χ2v) is 8.11. The molecular formula is C26H44O. The Morgan fingerprint density at radius 2 is 1.52 bits per heavy atom. The van der Waals surface area contributed by atoms with Crippen LogP contribution in [0, 0.1) is 5.92 Å². The van der Waals surface area contributed by atoms with Gasteiger partial charge in [-0.3, -0.25) is 0 Å². The number of benzene rings is 1. The topological polar surface area (TPSA) is 9.23 Å². The molecule has 0 spiro atoms. The van der Waals surface area contributed by atoms with Gasteiger partial charge in [0.2, 0.25) is 0 Å². The van der Waals surface area contributed by atoms with Gasteiger partial charge in [-0.15, -0.1) is 0 Å². The average molecular weight is 373 g/mol. The molecule has 154 valence electrons. The molecule has 0 aliphatic carbocycles. The molecule has 0 aliphatic rings. The summed E-state index contributed by atoms with van der Waals surface area (Å²) in [6.07, 6.45) is 22.4. The van der Waals surface area contributed by atoms with Crippen molar-refractivity contribution in [3.63, 3.8) is 0 Å². The van der Waals surface area contributed by atoms with E-state index in [1.54, 1.807) is 0 Å². The summed E-state index contributed by atoms with van der Waals surface area (Å²) in [6.45, 7) is 6.34. The van der Waals surface area contributed by atoms with Crippen LogP contribution in [0.25, 0.3) is 0 Å². The van der Waals surface area contributed by atoms with Gasteiger partial charge in [-0.2, -0.15) is 0 Å².